The average molecular weight is 639 g/mol. The summed E-state index contributed by atoms with van der Waals surface area (Å²) in [4.78, 5) is 37.1. The Morgan fingerprint density at radius 3 is 2.56 bits per heavy atom. The highest BCUT2D eigenvalue weighted by molar-refractivity contribution is 7.19. The number of carboxylic acid groups (broad SMARTS) is 1. The molecule has 5 N–H and O–H groups in total. The number of aryl methyl sites for hydroxylation is 1. The predicted molar refractivity (Wildman–Crippen MR) is 160 cm³/mol. The summed E-state index contributed by atoms with van der Waals surface area (Å²) >= 11 is 8.13. The zero-order valence-electron chi connectivity index (χ0n) is 24.0. The molecule has 1 saturated heterocycles. The van der Waals surface area contributed by atoms with Crippen molar-refractivity contribution in [3.05, 3.63) is 46.3 Å². The number of halogens is 1. The lowest BCUT2D eigenvalue weighted by Crippen LogP contribution is -2.61. The van der Waals surface area contributed by atoms with Gasteiger partial charge >= 0.3 is 5.97 Å². The first kappa shape index (κ1) is 33.7. The van der Waals surface area contributed by atoms with Crippen LogP contribution in [-0.2, 0) is 30.3 Å². The molecule has 43 heavy (non-hydrogen) atoms. The maximum absolute atomic E-state index is 13.7. The molecule has 1 aliphatic carbocycles. The normalized spacial score (nSPS) is 31.6. The minimum Gasteiger partial charge on any atom is -0.479 e. The van der Waals surface area contributed by atoms with E-state index in [1.807, 2.05) is 24.3 Å². The fourth-order valence-electron chi connectivity index (χ4n) is 6.06. The van der Waals surface area contributed by atoms with Crippen molar-refractivity contribution in [2.75, 3.05) is 0 Å². The molecule has 236 valence electrons. The van der Waals surface area contributed by atoms with Crippen molar-refractivity contribution in [1.82, 2.24) is 0 Å². The van der Waals surface area contributed by atoms with Crippen molar-refractivity contribution < 1.29 is 49.4 Å². The number of benzene rings is 1. The number of aliphatic hydroxyl groups excluding tert-OH is 4. The molecule has 1 aliphatic heterocycles. The molecule has 10 nitrogen and oxygen atoms in total. The number of fused-ring (bicyclic) bond motifs is 1. The average Bonchev–Trinajstić information content (AvgIpc) is 3.38. The Bertz CT molecular complexity index is 1320. The largest absolute Gasteiger partial charge is 0.479 e. The van der Waals surface area contributed by atoms with Gasteiger partial charge < -0.3 is 39.8 Å². The van der Waals surface area contributed by atoms with Crippen LogP contribution in [0, 0.1) is 17.3 Å². The zero-order valence-corrected chi connectivity index (χ0v) is 25.6. The van der Waals surface area contributed by atoms with Gasteiger partial charge in [-0.25, -0.2) is 4.79 Å². The van der Waals surface area contributed by atoms with Crippen LogP contribution in [-0.4, -0.2) is 86.5 Å². The Kier molecular flexibility index (Phi) is 11.2. The van der Waals surface area contributed by atoms with Crippen LogP contribution < -0.4 is 0 Å². The number of Topliss-reactive ketones (excluding diaryl/α,β-unsaturated/α-hetero) is 1. The summed E-state index contributed by atoms with van der Waals surface area (Å²) in [6.45, 7) is 3.36. The number of ether oxygens (including phenoxy) is 2. The number of carbonyl (C=O) groups is 3. The third-order valence-corrected chi connectivity index (χ3v) is 10.3. The second-order valence-corrected chi connectivity index (χ2v) is 13.4. The van der Waals surface area contributed by atoms with Gasteiger partial charge in [-0.1, -0.05) is 62.2 Å². The molecule has 9 atom stereocenters. The number of ketones is 1. The van der Waals surface area contributed by atoms with Crippen LogP contribution >= 0.6 is 22.9 Å². The second-order valence-electron chi connectivity index (χ2n) is 11.8. The first-order valence-corrected chi connectivity index (χ1v) is 15.7. The molecule has 2 aromatic rings. The van der Waals surface area contributed by atoms with Crippen LogP contribution in [0.3, 0.4) is 0 Å². The number of hydrogen-bond donors (Lipinski definition) is 5. The number of aliphatic hydroxyl groups is 4. The van der Waals surface area contributed by atoms with Crippen LogP contribution in [0.5, 0.6) is 0 Å². The molecule has 2 fully saturated rings. The summed E-state index contributed by atoms with van der Waals surface area (Å²) < 4.78 is 12.5. The fraction of sp³-hybridized carbons (Fsp3) is 0.581. The minimum absolute atomic E-state index is 0.120. The SMILES string of the molecule is CC1(C)C(=O)[C@H](CCCCC=O)[C@@H](/C=C/C(O)CCc2sc3ccccc3c2Cl)[C@@H]1OC1O[C@H](C(=O)O)[C@@H](O)[C@H](O)[C@H]1O. The molecular formula is C31H39ClO10S. The van der Waals surface area contributed by atoms with E-state index < -0.39 is 66.1 Å². The van der Waals surface area contributed by atoms with Gasteiger partial charge in [-0.15, -0.1) is 11.3 Å². The topological polar surface area (TPSA) is 171 Å². The van der Waals surface area contributed by atoms with E-state index in [9.17, 15) is 39.9 Å². The van der Waals surface area contributed by atoms with E-state index in [0.29, 0.717) is 43.5 Å². The molecule has 0 bridgehead atoms. The van der Waals surface area contributed by atoms with Crippen LogP contribution in [0.1, 0.15) is 50.8 Å². The van der Waals surface area contributed by atoms with Crippen LogP contribution in [0.15, 0.2) is 36.4 Å². The van der Waals surface area contributed by atoms with Gasteiger partial charge in [-0.3, -0.25) is 4.79 Å². The predicted octanol–water partition coefficient (Wildman–Crippen LogP) is 3.28. The number of hydrogen-bond acceptors (Lipinski definition) is 10. The lowest BCUT2D eigenvalue weighted by molar-refractivity contribution is -0.311. The van der Waals surface area contributed by atoms with Crippen molar-refractivity contribution in [3.8, 4) is 0 Å². The Morgan fingerprint density at radius 1 is 1.16 bits per heavy atom. The standard InChI is InChI=1S/C31H39ClO10S/c1-31(2)27(38)17(8-4-3-7-15-33)18(28(31)42-30-25(37)23(35)24(36)26(41-30)29(39)40)13-11-16(34)12-14-21-22(32)19-9-5-6-10-20(19)43-21/h5-6,9-11,13,15-18,23-26,28,30,34-37H,3-4,7-8,12,14H2,1-2H3,(H,39,40)/b13-11+/t16?,17-,18-,23+,24+,25-,26+,28+,30?/m1/s1. The number of aliphatic carboxylic acids is 1. The third kappa shape index (κ3) is 7.20. The first-order valence-electron chi connectivity index (χ1n) is 14.5. The lowest BCUT2D eigenvalue weighted by Gasteiger charge is -2.41. The molecule has 0 spiro atoms. The molecule has 2 aliphatic rings. The maximum Gasteiger partial charge on any atom is 0.335 e. The van der Waals surface area contributed by atoms with Crippen molar-refractivity contribution in [1.29, 1.82) is 0 Å². The summed E-state index contributed by atoms with van der Waals surface area (Å²) in [6, 6.07) is 7.80. The number of rotatable bonds is 13. The molecule has 2 heterocycles. The molecule has 0 radical (unpaired) electrons. The Balaban J connectivity index is 1.54. The van der Waals surface area contributed by atoms with Crippen molar-refractivity contribution in [3.63, 3.8) is 0 Å². The van der Waals surface area contributed by atoms with E-state index in [2.05, 4.69) is 0 Å². The number of carbonyl (C=O) groups excluding carboxylic acids is 2. The van der Waals surface area contributed by atoms with Crippen molar-refractivity contribution >= 4 is 51.1 Å². The molecule has 1 aromatic carbocycles. The minimum atomic E-state index is -1.88. The number of unbranched alkanes of at least 4 members (excludes halogenated alkanes) is 2. The Hall–Kier alpha value is -2.22. The molecule has 12 heteroatoms. The monoisotopic (exact) mass is 638 g/mol. The lowest BCUT2D eigenvalue weighted by atomic mass is 9.85. The second kappa shape index (κ2) is 14.3. The van der Waals surface area contributed by atoms with Gasteiger partial charge in [-0.05, 0) is 31.7 Å². The van der Waals surface area contributed by atoms with E-state index in [1.165, 1.54) is 0 Å². The summed E-state index contributed by atoms with van der Waals surface area (Å²) in [7, 11) is 0. The smallest absolute Gasteiger partial charge is 0.335 e. The van der Waals surface area contributed by atoms with Gasteiger partial charge in [0.25, 0.3) is 0 Å². The Morgan fingerprint density at radius 2 is 1.88 bits per heavy atom. The van der Waals surface area contributed by atoms with Gasteiger partial charge in [0.05, 0.1) is 22.6 Å². The summed E-state index contributed by atoms with van der Waals surface area (Å²) in [5.74, 6) is -2.80. The summed E-state index contributed by atoms with van der Waals surface area (Å²) in [5, 5.41) is 52.9. The molecule has 1 saturated carbocycles. The molecular weight excluding hydrogens is 600 g/mol. The molecule has 1 aromatic heterocycles. The summed E-state index contributed by atoms with van der Waals surface area (Å²) in [6.07, 6.45) is -3.72. The van der Waals surface area contributed by atoms with E-state index in [-0.39, 0.29) is 5.78 Å². The van der Waals surface area contributed by atoms with Crippen molar-refractivity contribution in [2.24, 2.45) is 17.3 Å². The fourth-order valence-corrected chi connectivity index (χ4v) is 7.61. The van der Waals surface area contributed by atoms with E-state index in [0.717, 1.165) is 21.2 Å². The molecule has 4 rings (SSSR count). The Labute approximate surface area is 258 Å². The first-order chi connectivity index (χ1) is 20.4. The van der Waals surface area contributed by atoms with Gasteiger partial charge in [0, 0.05) is 33.2 Å². The molecule has 2 unspecified atom stereocenters. The highest BCUT2D eigenvalue weighted by atomic mass is 35.5. The van der Waals surface area contributed by atoms with Crippen molar-refractivity contribution in [2.45, 2.75) is 95.3 Å². The van der Waals surface area contributed by atoms with E-state index in [1.54, 1.807) is 37.3 Å². The van der Waals surface area contributed by atoms with Crippen LogP contribution in [0.4, 0.5) is 0 Å². The van der Waals surface area contributed by atoms with Gasteiger partial charge in [0.15, 0.2) is 12.4 Å². The zero-order chi connectivity index (χ0) is 31.5. The maximum atomic E-state index is 13.7. The van der Waals surface area contributed by atoms with E-state index >= 15 is 0 Å². The van der Waals surface area contributed by atoms with Gasteiger partial charge in [0.1, 0.15) is 30.4 Å². The van der Waals surface area contributed by atoms with Crippen LogP contribution in [0.25, 0.3) is 10.1 Å². The number of carboxylic acids is 1. The van der Waals surface area contributed by atoms with E-state index in [4.69, 9.17) is 21.1 Å². The quantitative estimate of drug-likeness (QED) is 0.125. The summed E-state index contributed by atoms with van der Waals surface area (Å²) in [5.41, 5.74) is -1.11. The van der Waals surface area contributed by atoms with Gasteiger partial charge in [-0.2, -0.15) is 0 Å². The highest BCUT2D eigenvalue weighted by Gasteiger charge is 2.57. The number of aldehydes is 1. The number of thiophene rings is 1. The molecule has 0 amide bonds. The highest BCUT2D eigenvalue weighted by Crippen LogP contribution is 2.48. The van der Waals surface area contributed by atoms with Crippen LogP contribution in [0.2, 0.25) is 5.02 Å². The third-order valence-electron chi connectivity index (χ3n) is 8.50. The van der Waals surface area contributed by atoms with Gasteiger partial charge in [0.2, 0.25) is 0 Å².